The van der Waals surface area contributed by atoms with Gasteiger partial charge in [-0.1, -0.05) is 23.7 Å². The molecule has 2 rings (SSSR count). The molecule has 1 heterocycles. The Morgan fingerprint density at radius 2 is 1.84 bits per heavy atom. The summed E-state index contributed by atoms with van der Waals surface area (Å²) in [5, 5.41) is 0.553. The highest BCUT2D eigenvalue weighted by Gasteiger charge is 2.45. The number of hydrogen-bond acceptors (Lipinski definition) is 8. The van der Waals surface area contributed by atoms with E-state index in [9.17, 15) is 9.36 Å². The van der Waals surface area contributed by atoms with Gasteiger partial charge in [-0.15, -0.1) is 0 Å². The van der Waals surface area contributed by atoms with E-state index in [1.807, 2.05) is 0 Å². The van der Waals surface area contributed by atoms with Gasteiger partial charge in [0.05, 0.1) is 20.3 Å². The number of nitrogens with zero attached hydrogens (tertiary/aromatic N) is 1. The number of amidine groups is 1. The maximum Gasteiger partial charge on any atom is 0.374 e. The molecule has 0 spiro atoms. The third-order valence-electron chi connectivity index (χ3n) is 3.45. The van der Waals surface area contributed by atoms with E-state index in [1.165, 1.54) is 7.11 Å². The zero-order valence-corrected chi connectivity index (χ0v) is 15.8. The van der Waals surface area contributed by atoms with Crippen LogP contribution in [-0.2, 0) is 23.1 Å². The monoisotopic (exact) mass is 389 g/mol. The highest BCUT2D eigenvalue weighted by Crippen LogP contribution is 2.56. The summed E-state index contributed by atoms with van der Waals surface area (Å²) < 4.78 is 28.7. The first kappa shape index (κ1) is 19.9. The van der Waals surface area contributed by atoms with E-state index in [4.69, 9.17) is 20.6 Å². The number of carbonyl (C=O) groups is 1. The molecule has 1 aliphatic heterocycles. The highest BCUT2D eigenvalue weighted by atomic mass is 35.5. The van der Waals surface area contributed by atoms with Crippen molar-refractivity contribution in [1.82, 2.24) is 10.9 Å². The van der Waals surface area contributed by atoms with Crippen LogP contribution in [0.1, 0.15) is 25.5 Å². The second-order valence-corrected chi connectivity index (χ2v) is 7.64. The summed E-state index contributed by atoms with van der Waals surface area (Å²) >= 11 is 5.94. The number of nitrogens with one attached hydrogen (secondary N) is 2. The zero-order valence-electron chi connectivity index (χ0n) is 14.2. The Morgan fingerprint density at radius 1 is 1.24 bits per heavy atom. The first-order valence-corrected chi connectivity index (χ1v) is 9.76. The molecule has 8 nitrogen and oxygen atoms in total. The van der Waals surface area contributed by atoms with Crippen molar-refractivity contribution in [3.05, 3.63) is 34.9 Å². The predicted octanol–water partition coefficient (Wildman–Crippen LogP) is 2.65. The van der Waals surface area contributed by atoms with E-state index < -0.39 is 25.4 Å². The molecule has 25 heavy (non-hydrogen) atoms. The van der Waals surface area contributed by atoms with Gasteiger partial charge in [0.15, 0.2) is 5.78 Å². The van der Waals surface area contributed by atoms with Crippen molar-refractivity contribution in [2.24, 2.45) is 4.99 Å². The highest BCUT2D eigenvalue weighted by molar-refractivity contribution is 7.54. The maximum absolute atomic E-state index is 13.2. The maximum atomic E-state index is 13.2. The Labute approximate surface area is 151 Å². The largest absolute Gasteiger partial charge is 0.463 e. The van der Waals surface area contributed by atoms with Crippen molar-refractivity contribution < 1.29 is 23.1 Å². The minimum Gasteiger partial charge on any atom is -0.463 e. The topological polar surface area (TPSA) is 98.2 Å². The number of methoxy groups -OCH3 is 1. The average molecular weight is 390 g/mol. The molecule has 0 bridgehead atoms. The zero-order chi connectivity index (χ0) is 18.4. The Morgan fingerprint density at radius 3 is 2.36 bits per heavy atom. The smallest absolute Gasteiger partial charge is 0.374 e. The van der Waals surface area contributed by atoms with Gasteiger partial charge >= 0.3 is 13.6 Å². The standard InChI is InChI=1S/C15H21ClN3O5P/c1-4-23-25(21,24-5-2)14-12(10-6-8-11(16)9-7-10)17-13(18-19-14)15(20)22-3/h6-9,12,14,19H,4-5H2,1-3H3,(H,17,18)/t12-,14-/m0/s1. The molecule has 1 aromatic rings. The van der Waals surface area contributed by atoms with E-state index >= 15 is 0 Å². The van der Waals surface area contributed by atoms with Crippen molar-refractivity contribution in [3.8, 4) is 0 Å². The minimum atomic E-state index is -3.56. The average Bonchev–Trinajstić information content (AvgIpc) is 2.61. The van der Waals surface area contributed by atoms with Gasteiger partial charge in [-0.2, -0.15) is 0 Å². The van der Waals surface area contributed by atoms with Gasteiger partial charge in [-0.05, 0) is 31.5 Å². The van der Waals surface area contributed by atoms with Crippen LogP contribution in [0.3, 0.4) is 0 Å². The lowest BCUT2D eigenvalue weighted by atomic mass is 10.1. The Kier molecular flexibility index (Phi) is 6.98. The van der Waals surface area contributed by atoms with E-state index in [1.54, 1.807) is 38.1 Å². The Bertz CT molecular complexity index is 672. The molecule has 10 heteroatoms. The molecule has 0 fully saturated rings. The van der Waals surface area contributed by atoms with Gasteiger partial charge in [-0.25, -0.2) is 10.2 Å². The van der Waals surface area contributed by atoms with Crippen LogP contribution in [0.15, 0.2) is 29.3 Å². The van der Waals surface area contributed by atoms with Gasteiger partial charge < -0.3 is 13.8 Å². The quantitative estimate of drug-likeness (QED) is 0.546. The number of ether oxygens (including phenoxy) is 1. The fourth-order valence-corrected chi connectivity index (χ4v) is 4.44. The summed E-state index contributed by atoms with van der Waals surface area (Å²) in [4.78, 5) is 16.2. The first-order chi connectivity index (χ1) is 11.9. The van der Waals surface area contributed by atoms with Crippen LogP contribution in [0.5, 0.6) is 0 Å². The summed E-state index contributed by atoms with van der Waals surface area (Å²) in [6, 6.07) is 6.17. The van der Waals surface area contributed by atoms with Crippen LogP contribution >= 0.6 is 19.2 Å². The number of hydrogen-bond donors (Lipinski definition) is 2. The second kappa shape index (κ2) is 8.78. The molecular formula is C15H21ClN3O5P. The summed E-state index contributed by atoms with van der Waals surface area (Å²) in [5.41, 5.74) is 6.15. The molecule has 2 atom stereocenters. The van der Waals surface area contributed by atoms with Crippen LogP contribution in [-0.4, -0.2) is 37.9 Å². The molecule has 0 aliphatic carbocycles. The van der Waals surface area contributed by atoms with Crippen LogP contribution in [0, 0.1) is 0 Å². The number of carbonyl (C=O) groups excluding carboxylic acids is 1. The fourth-order valence-electron chi connectivity index (χ4n) is 2.39. The van der Waals surface area contributed by atoms with Crippen LogP contribution in [0.25, 0.3) is 0 Å². The van der Waals surface area contributed by atoms with Gasteiger partial charge in [-0.3, -0.25) is 15.0 Å². The number of aliphatic imine (C=N–C) groups is 1. The van der Waals surface area contributed by atoms with E-state index in [0.717, 1.165) is 0 Å². The number of rotatable bonds is 7. The van der Waals surface area contributed by atoms with Crippen molar-refractivity contribution >= 4 is 31.0 Å². The molecule has 0 aromatic heterocycles. The summed E-state index contributed by atoms with van der Waals surface area (Å²) in [7, 11) is -2.31. The van der Waals surface area contributed by atoms with Gasteiger partial charge in [0.25, 0.3) is 0 Å². The predicted molar refractivity (Wildman–Crippen MR) is 94.6 cm³/mol. The molecule has 0 amide bonds. The Balaban J connectivity index is 2.47. The van der Waals surface area contributed by atoms with E-state index in [0.29, 0.717) is 10.6 Å². The van der Waals surface area contributed by atoms with Crippen molar-refractivity contribution in [1.29, 1.82) is 0 Å². The third kappa shape index (κ3) is 4.59. The molecule has 0 unspecified atom stereocenters. The van der Waals surface area contributed by atoms with E-state index in [2.05, 4.69) is 20.6 Å². The molecule has 138 valence electrons. The number of esters is 1. The van der Waals surface area contributed by atoms with Crippen molar-refractivity contribution in [3.63, 3.8) is 0 Å². The fraction of sp³-hybridized carbons (Fsp3) is 0.467. The van der Waals surface area contributed by atoms with Crippen LogP contribution in [0.2, 0.25) is 5.02 Å². The third-order valence-corrected chi connectivity index (χ3v) is 6.04. The lowest BCUT2D eigenvalue weighted by Crippen LogP contribution is -2.53. The molecular weight excluding hydrogens is 369 g/mol. The first-order valence-electron chi connectivity index (χ1n) is 7.77. The van der Waals surface area contributed by atoms with Crippen molar-refractivity contribution in [2.45, 2.75) is 25.7 Å². The summed E-state index contributed by atoms with van der Waals surface area (Å²) in [5.74, 6) is -1.51. The molecule has 0 saturated carbocycles. The van der Waals surface area contributed by atoms with Gasteiger partial charge in [0.1, 0.15) is 6.04 Å². The van der Waals surface area contributed by atoms with Crippen LogP contribution in [0.4, 0.5) is 0 Å². The number of hydrazine groups is 1. The van der Waals surface area contributed by atoms with Crippen LogP contribution < -0.4 is 10.9 Å². The number of benzene rings is 1. The lowest BCUT2D eigenvalue weighted by Gasteiger charge is -2.34. The van der Waals surface area contributed by atoms with Gasteiger partial charge in [0.2, 0.25) is 5.84 Å². The summed E-state index contributed by atoms with van der Waals surface area (Å²) in [6.07, 6.45) is 0. The van der Waals surface area contributed by atoms with E-state index in [-0.39, 0.29) is 19.0 Å². The molecule has 2 N–H and O–H groups in total. The van der Waals surface area contributed by atoms with Gasteiger partial charge in [0, 0.05) is 5.02 Å². The number of halogens is 1. The molecule has 0 saturated heterocycles. The Hall–Kier alpha value is -1.44. The molecule has 1 aliphatic rings. The summed E-state index contributed by atoms with van der Waals surface area (Å²) in [6.45, 7) is 3.86. The SMILES string of the molecule is CCOP(=O)(OCC)[C@@H]1NNC(C(=O)OC)=N[C@H]1c1ccc(Cl)cc1. The second-order valence-electron chi connectivity index (χ2n) is 5.06. The minimum absolute atomic E-state index is 0.0294. The normalized spacial score (nSPS) is 20.6. The molecule has 1 aromatic carbocycles. The molecule has 0 radical (unpaired) electrons. The lowest BCUT2D eigenvalue weighted by molar-refractivity contribution is -0.133. The van der Waals surface area contributed by atoms with Crippen molar-refractivity contribution in [2.75, 3.05) is 20.3 Å².